The van der Waals surface area contributed by atoms with Gasteiger partial charge in [-0.25, -0.2) is 0 Å². The summed E-state index contributed by atoms with van der Waals surface area (Å²) < 4.78 is 34.5. The molecule has 0 aliphatic rings. The number of unbranched alkanes of at least 4 members (excludes halogenated alkanes) is 36. The Morgan fingerprint density at radius 1 is 0.278 bits per heavy atom. The summed E-state index contributed by atoms with van der Waals surface area (Å²) in [6.45, 7) is 24.1. The average Bonchev–Trinajstić information content (AvgIpc) is 0.917. The van der Waals surface area contributed by atoms with Gasteiger partial charge in [0, 0.05) is 37.2 Å². The molecule has 0 aliphatic heterocycles. The third-order valence-corrected chi connectivity index (χ3v) is 16.8. The van der Waals surface area contributed by atoms with Crippen molar-refractivity contribution in [1.29, 1.82) is 0 Å². The molecule has 0 saturated carbocycles. The Balaban J connectivity index is -0.000000665. The standard InChI is InChI=1S/3C27H50O5.Al/c3*1-5-7-8-9-10-11-12-13-14-15-16-17-18-19-20-21-22-31-27(6-2,32-24(3)4)25(28)23-26(29)30;/h3*13-14,24H,5-12,15-23H2,1-4H3,(H,29,30);/q;;;+3/p-3. The molecule has 0 aromatic rings. The largest absolute Gasteiger partial charge is 3.00 e. The maximum Gasteiger partial charge on any atom is 3.00 e. The van der Waals surface area contributed by atoms with Crippen LogP contribution in [0.4, 0.5) is 0 Å². The third-order valence-electron chi connectivity index (χ3n) is 16.8. The minimum Gasteiger partial charge on any atom is -0.550 e. The second-order valence-corrected chi connectivity index (χ2v) is 27.1. The number of ketones is 3. The van der Waals surface area contributed by atoms with Gasteiger partial charge in [-0.15, -0.1) is 0 Å². The van der Waals surface area contributed by atoms with Crippen molar-refractivity contribution < 1.29 is 72.5 Å². The van der Waals surface area contributed by atoms with Crippen molar-refractivity contribution in [1.82, 2.24) is 0 Å². The SMILES string of the molecule is CCCCCCCCC=CCCCCCCCCOC(CC)(OC(C)C)C(=O)CC(=O)[O-].CCCCCCCCC=CCCCCCCCCOC(CC)(OC(C)C)C(=O)CC(=O)[O-].CCCCCCCCC=CCCCCCCCCOC(CC)(OC(C)C)C(=O)CC(=O)[O-].[Al+3]. The van der Waals surface area contributed by atoms with Crippen molar-refractivity contribution in [2.45, 2.75) is 427 Å². The number of carboxylic acids is 3. The van der Waals surface area contributed by atoms with Crippen LogP contribution in [0, 0.1) is 0 Å². The summed E-state index contributed by atoms with van der Waals surface area (Å²) >= 11 is 0. The number of hydrogen-bond donors (Lipinski definition) is 0. The Kier molecular flexibility index (Phi) is 73.8. The van der Waals surface area contributed by atoms with Gasteiger partial charge in [0.2, 0.25) is 17.4 Å². The molecule has 0 saturated heterocycles. The molecular formula is C81H147AlO15. The second kappa shape index (κ2) is 71.3. The van der Waals surface area contributed by atoms with E-state index in [9.17, 15) is 44.1 Å². The van der Waals surface area contributed by atoms with E-state index in [0.29, 0.717) is 19.8 Å². The molecule has 3 unspecified atom stereocenters. The maximum absolute atomic E-state index is 12.4. The fourth-order valence-corrected chi connectivity index (χ4v) is 11.4. The number of carboxylic acid groups (broad SMARTS) is 3. The predicted molar refractivity (Wildman–Crippen MR) is 394 cm³/mol. The number of aliphatic carboxylic acids is 3. The molecule has 3 atom stereocenters. The molecular weight excluding hydrogens is 1240 g/mol. The molecule has 0 aliphatic carbocycles. The van der Waals surface area contributed by atoms with Crippen LogP contribution in [0.5, 0.6) is 0 Å². The maximum atomic E-state index is 12.4. The summed E-state index contributed by atoms with van der Waals surface area (Å²) in [5.74, 6) is -10.3. The Morgan fingerprint density at radius 2 is 0.443 bits per heavy atom. The topological polar surface area (TPSA) is 227 Å². The van der Waals surface area contributed by atoms with E-state index in [2.05, 4.69) is 57.2 Å². The number of Topliss-reactive ketones (excluding diaryl/α,β-unsaturated/α-hetero) is 3. The zero-order valence-electron chi connectivity index (χ0n) is 64.5. The van der Waals surface area contributed by atoms with Gasteiger partial charge < -0.3 is 58.1 Å². The van der Waals surface area contributed by atoms with E-state index in [1.807, 2.05) is 41.5 Å². The molecule has 0 N–H and O–H groups in total. The fourth-order valence-electron chi connectivity index (χ4n) is 11.4. The summed E-state index contributed by atoms with van der Waals surface area (Å²) in [6, 6.07) is 0. The van der Waals surface area contributed by atoms with Crippen molar-refractivity contribution in [2.75, 3.05) is 19.8 Å². The van der Waals surface area contributed by atoms with Crippen molar-refractivity contribution in [2.24, 2.45) is 0 Å². The molecule has 0 amide bonds. The van der Waals surface area contributed by atoms with E-state index >= 15 is 0 Å². The quantitative estimate of drug-likeness (QED) is 0.0181. The molecule has 15 nitrogen and oxygen atoms in total. The Labute approximate surface area is 605 Å². The van der Waals surface area contributed by atoms with Gasteiger partial charge in [0.1, 0.15) is 0 Å². The first-order chi connectivity index (χ1) is 46.1. The van der Waals surface area contributed by atoms with Crippen LogP contribution in [0.15, 0.2) is 36.5 Å². The van der Waals surface area contributed by atoms with E-state index < -0.39 is 71.9 Å². The molecule has 0 spiro atoms. The average molecular weight is 1390 g/mol. The van der Waals surface area contributed by atoms with Crippen molar-refractivity contribution in [3.8, 4) is 0 Å². The van der Waals surface area contributed by atoms with Crippen molar-refractivity contribution in [3.05, 3.63) is 36.5 Å². The number of allylic oxidation sites excluding steroid dienone is 6. The molecule has 0 radical (unpaired) electrons. The minimum absolute atomic E-state index is 0. The van der Waals surface area contributed by atoms with E-state index in [1.165, 1.54) is 212 Å². The number of hydrogen-bond acceptors (Lipinski definition) is 15. The molecule has 16 heteroatoms. The first-order valence-electron chi connectivity index (χ1n) is 39.2. The Morgan fingerprint density at radius 3 is 0.598 bits per heavy atom. The van der Waals surface area contributed by atoms with Crippen LogP contribution < -0.4 is 15.3 Å². The zero-order valence-corrected chi connectivity index (χ0v) is 65.6. The summed E-state index contributed by atoms with van der Waals surface area (Å²) in [5, 5.41) is 32.5. The van der Waals surface area contributed by atoms with Gasteiger partial charge in [0.05, 0.1) is 57.4 Å². The fraction of sp³-hybridized carbons (Fsp3) is 0.852. The van der Waals surface area contributed by atoms with Gasteiger partial charge in [-0.05, 0) is 138 Å². The van der Waals surface area contributed by atoms with Crippen LogP contribution in [-0.4, -0.2) is 108 Å². The van der Waals surface area contributed by atoms with Crippen LogP contribution in [0.25, 0.3) is 0 Å². The summed E-state index contributed by atoms with van der Waals surface area (Å²) in [7, 11) is 0. The molecule has 0 aromatic heterocycles. The summed E-state index contributed by atoms with van der Waals surface area (Å²) in [4.78, 5) is 69.6. The van der Waals surface area contributed by atoms with Gasteiger partial charge in [0.15, 0.2) is 17.3 Å². The Bertz CT molecular complexity index is 1720. The zero-order chi connectivity index (χ0) is 72.2. The summed E-state index contributed by atoms with van der Waals surface area (Å²) in [6.07, 6.45) is 63.8. The van der Waals surface area contributed by atoms with Crippen molar-refractivity contribution >= 4 is 52.6 Å². The molecule has 0 bridgehead atoms. The number of carbonyl (C=O) groups is 6. The van der Waals surface area contributed by atoms with Gasteiger partial charge >= 0.3 is 17.4 Å². The molecule has 0 rings (SSSR count). The Hall–Kier alpha value is -3.07. The summed E-state index contributed by atoms with van der Waals surface area (Å²) in [5.41, 5.74) is 0. The normalized spacial score (nSPS) is 13.5. The molecule has 97 heavy (non-hydrogen) atoms. The molecule has 564 valence electrons. The van der Waals surface area contributed by atoms with Crippen molar-refractivity contribution in [3.63, 3.8) is 0 Å². The van der Waals surface area contributed by atoms with Gasteiger partial charge in [0.25, 0.3) is 0 Å². The monoisotopic (exact) mass is 1390 g/mol. The minimum atomic E-state index is -1.48. The van der Waals surface area contributed by atoms with Crippen LogP contribution in [0.1, 0.15) is 391 Å². The van der Waals surface area contributed by atoms with Gasteiger partial charge in [-0.1, -0.05) is 251 Å². The van der Waals surface area contributed by atoms with Crippen LogP contribution in [-0.2, 0) is 57.2 Å². The molecule has 0 fully saturated rings. The van der Waals surface area contributed by atoms with Crippen LogP contribution in [0.3, 0.4) is 0 Å². The smallest absolute Gasteiger partial charge is 0.550 e. The molecule has 0 heterocycles. The van der Waals surface area contributed by atoms with E-state index in [4.69, 9.17) is 28.4 Å². The van der Waals surface area contributed by atoms with E-state index in [1.54, 1.807) is 20.8 Å². The second-order valence-electron chi connectivity index (χ2n) is 27.1. The number of carbonyl (C=O) groups excluding carboxylic acids is 6. The van der Waals surface area contributed by atoms with E-state index in [0.717, 1.165) is 57.8 Å². The van der Waals surface area contributed by atoms with Crippen LogP contribution in [0.2, 0.25) is 0 Å². The third kappa shape index (κ3) is 62.4. The van der Waals surface area contributed by atoms with E-state index in [-0.39, 0.29) is 54.9 Å². The molecule has 0 aromatic carbocycles. The van der Waals surface area contributed by atoms with Gasteiger partial charge in [-0.2, -0.15) is 0 Å². The predicted octanol–water partition coefficient (Wildman–Crippen LogP) is 18.5. The van der Waals surface area contributed by atoms with Crippen LogP contribution >= 0.6 is 0 Å². The van der Waals surface area contributed by atoms with Gasteiger partial charge in [-0.3, -0.25) is 14.4 Å². The number of rotatable bonds is 69. The number of ether oxygens (including phenoxy) is 6. The first kappa shape index (κ1) is 100. The first-order valence-corrected chi connectivity index (χ1v) is 39.2.